The minimum absolute atomic E-state index is 0.0114. The highest BCUT2D eigenvalue weighted by Gasteiger charge is 2.22. The second-order valence-corrected chi connectivity index (χ2v) is 8.00. The van der Waals surface area contributed by atoms with Crippen LogP contribution in [0.3, 0.4) is 0 Å². The molecule has 9 nitrogen and oxygen atoms in total. The summed E-state index contributed by atoms with van der Waals surface area (Å²) in [6.45, 7) is 2.07. The summed E-state index contributed by atoms with van der Waals surface area (Å²) >= 11 is 0. The van der Waals surface area contributed by atoms with E-state index in [4.69, 9.17) is 10.8 Å². The van der Waals surface area contributed by atoms with Crippen LogP contribution in [0.25, 0.3) is 0 Å². The van der Waals surface area contributed by atoms with Crippen molar-refractivity contribution in [3.8, 4) is 5.75 Å². The summed E-state index contributed by atoms with van der Waals surface area (Å²) in [7, 11) is 0. The lowest BCUT2D eigenvalue weighted by Crippen LogP contribution is -2.41. The fraction of sp³-hybridized carbons (Fsp3) is 0.391. The number of carboxylic acid groups (broad SMARTS) is 1. The van der Waals surface area contributed by atoms with E-state index < -0.39 is 18.1 Å². The van der Waals surface area contributed by atoms with Crippen molar-refractivity contribution in [2.24, 2.45) is 5.73 Å². The Labute approximate surface area is 186 Å². The maximum atomic E-state index is 11.3. The molecule has 2 aromatic carbocycles. The number of primary amides is 1. The third-order valence-corrected chi connectivity index (χ3v) is 5.69. The molecule has 0 saturated carbocycles. The largest absolute Gasteiger partial charge is 0.507 e. The van der Waals surface area contributed by atoms with Crippen LogP contribution in [0, 0.1) is 0 Å². The number of likely N-dealkylation sites (tertiary alicyclic amines) is 1. The van der Waals surface area contributed by atoms with Crippen LogP contribution < -0.4 is 16.4 Å². The maximum absolute atomic E-state index is 11.3. The second kappa shape index (κ2) is 10.8. The van der Waals surface area contributed by atoms with E-state index in [0.717, 1.165) is 30.5 Å². The van der Waals surface area contributed by atoms with Gasteiger partial charge in [0.25, 0.3) is 5.91 Å². The summed E-state index contributed by atoms with van der Waals surface area (Å²) in [5.41, 5.74) is 7.89. The number of anilines is 1. The van der Waals surface area contributed by atoms with Gasteiger partial charge >= 0.3 is 6.09 Å². The minimum atomic E-state index is -0.854. The van der Waals surface area contributed by atoms with E-state index in [2.05, 4.69) is 10.6 Å². The molecular weight excluding hydrogens is 412 g/mol. The molecule has 1 fully saturated rings. The third-order valence-electron chi connectivity index (χ3n) is 5.69. The first-order valence-electron chi connectivity index (χ1n) is 10.7. The molecule has 2 amide bonds. The standard InChI is InChI=1S/C23H30N4O5/c24-22(30)19-13-16(3-6-20(19)28)21(29)14-25-10-7-15-1-4-17(5-2-15)26-18-8-11-27(12-9-18)23(31)32/h1-6,13,18,21,25-26,28-29H,7-12,14H2,(H2,24,30)(H,31,32). The number of hydrogen-bond donors (Lipinski definition) is 6. The lowest BCUT2D eigenvalue weighted by atomic mass is 10.0. The summed E-state index contributed by atoms with van der Waals surface area (Å²) in [5, 5.41) is 35.6. The molecule has 0 aromatic heterocycles. The highest BCUT2D eigenvalue weighted by atomic mass is 16.4. The minimum Gasteiger partial charge on any atom is -0.507 e. The van der Waals surface area contributed by atoms with Gasteiger partial charge in [-0.15, -0.1) is 0 Å². The first-order chi connectivity index (χ1) is 15.3. The molecule has 0 bridgehead atoms. The van der Waals surface area contributed by atoms with Crippen LogP contribution >= 0.6 is 0 Å². The first-order valence-corrected chi connectivity index (χ1v) is 10.7. The zero-order valence-electron chi connectivity index (χ0n) is 17.8. The zero-order valence-corrected chi connectivity index (χ0v) is 17.8. The summed E-state index contributed by atoms with van der Waals surface area (Å²) in [4.78, 5) is 23.8. The number of carbonyl (C=O) groups is 2. The molecule has 2 aromatic rings. The molecule has 0 spiro atoms. The molecule has 9 heteroatoms. The van der Waals surface area contributed by atoms with E-state index in [9.17, 15) is 19.8 Å². The average molecular weight is 443 g/mol. The van der Waals surface area contributed by atoms with Gasteiger partial charge in [0.1, 0.15) is 5.75 Å². The van der Waals surface area contributed by atoms with Crippen molar-refractivity contribution in [2.75, 3.05) is 31.5 Å². The molecular formula is C23H30N4O5. The number of nitrogens with one attached hydrogen (secondary N) is 2. The Bertz CT molecular complexity index is 926. The summed E-state index contributed by atoms with van der Waals surface area (Å²) in [6.07, 6.45) is 0.691. The summed E-state index contributed by atoms with van der Waals surface area (Å²) < 4.78 is 0. The van der Waals surface area contributed by atoms with Gasteiger partial charge in [-0.1, -0.05) is 18.2 Å². The molecule has 0 radical (unpaired) electrons. The SMILES string of the molecule is NC(=O)c1cc(C(O)CNCCc2ccc(NC3CCN(C(=O)O)CC3)cc2)ccc1O. The van der Waals surface area contributed by atoms with Crippen LogP contribution in [-0.4, -0.2) is 64.4 Å². The molecule has 3 rings (SSSR count). The average Bonchev–Trinajstić information content (AvgIpc) is 2.78. The van der Waals surface area contributed by atoms with Crippen molar-refractivity contribution in [2.45, 2.75) is 31.4 Å². The predicted molar refractivity (Wildman–Crippen MR) is 121 cm³/mol. The van der Waals surface area contributed by atoms with E-state index in [-0.39, 0.29) is 17.4 Å². The fourth-order valence-corrected chi connectivity index (χ4v) is 3.77. The van der Waals surface area contributed by atoms with Crippen LogP contribution in [0.4, 0.5) is 10.5 Å². The van der Waals surface area contributed by atoms with E-state index in [1.54, 1.807) is 6.07 Å². The van der Waals surface area contributed by atoms with E-state index in [1.165, 1.54) is 17.0 Å². The molecule has 1 aliphatic heterocycles. The molecule has 1 atom stereocenters. The summed E-state index contributed by atoms with van der Waals surface area (Å²) in [6, 6.07) is 12.7. The molecule has 1 saturated heterocycles. The smallest absolute Gasteiger partial charge is 0.407 e. The van der Waals surface area contributed by atoms with Crippen molar-refractivity contribution in [3.05, 3.63) is 59.2 Å². The normalized spacial score (nSPS) is 15.3. The van der Waals surface area contributed by atoms with Crippen LogP contribution in [0.2, 0.25) is 0 Å². The number of nitrogens with two attached hydrogens (primary N) is 1. The Morgan fingerprint density at radius 1 is 1.12 bits per heavy atom. The van der Waals surface area contributed by atoms with Crippen LogP contribution in [0.5, 0.6) is 5.75 Å². The van der Waals surface area contributed by atoms with Crippen molar-refractivity contribution in [3.63, 3.8) is 0 Å². The van der Waals surface area contributed by atoms with Gasteiger partial charge in [0.15, 0.2) is 0 Å². The van der Waals surface area contributed by atoms with Gasteiger partial charge in [-0.2, -0.15) is 0 Å². The molecule has 1 aliphatic rings. The lowest BCUT2D eigenvalue weighted by molar-refractivity contribution is 0.0997. The Morgan fingerprint density at radius 2 is 1.81 bits per heavy atom. The van der Waals surface area contributed by atoms with Crippen LogP contribution in [0.1, 0.15) is 40.4 Å². The van der Waals surface area contributed by atoms with Crippen LogP contribution in [-0.2, 0) is 6.42 Å². The van der Waals surface area contributed by atoms with Crippen molar-refractivity contribution in [1.82, 2.24) is 10.2 Å². The van der Waals surface area contributed by atoms with Gasteiger partial charge in [-0.3, -0.25) is 4.79 Å². The van der Waals surface area contributed by atoms with Crippen molar-refractivity contribution < 1.29 is 24.9 Å². The first kappa shape index (κ1) is 23.4. The highest BCUT2D eigenvalue weighted by Crippen LogP contribution is 2.22. The molecule has 32 heavy (non-hydrogen) atoms. The predicted octanol–water partition coefficient (Wildman–Crippen LogP) is 1.91. The summed E-state index contributed by atoms with van der Waals surface area (Å²) in [5.74, 6) is -0.946. The fourth-order valence-electron chi connectivity index (χ4n) is 3.77. The number of piperidine rings is 1. The number of nitrogens with zero attached hydrogens (tertiary/aromatic N) is 1. The van der Waals surface area contributed by atoms with Gasteiger partial charge < -0.3 is 36.6 Å². The molecule has 1 unspecified atom stereocenters. The van der Waals surface area contributed by atoms with E-state index >= 15 is 0 Å². The number of aliphatic hydroxyl groups is 1. The van der Waals surface area contributed by atoms with Crippen molar-refractivity contribution in [1.29, 1.82) is 0 Å². The zero-order chi connectivity index (χ0) is 23.1. The molecule has 0 aliphatic carbocycles. The van der Waals surface area contributed by atoms with Gasteiger partial charge in [-0.25, -0.2) is 4.79 Å². The highest BCUT2D eigenvalue weighted by molar-refractivity contribution is 5.95. The number of rotatable bonds is 9. The number of aromatic hydroxyl groups is 1. The molecule has 7 N–H and O–H groups in total. The van der Waals surface area contributed by atoms with E-state index in [1.807, 2.05) is 24.3 Å². The third kappa shape index (κ3) is 6.35. The quantitative estimate of drug-likeness (QED) is 0.325. The number of benzene rings is 2. The van der Waals surface area contributed by atoms with Crippen LogP contribution in [0.15, 0.2) is 42.5 Å². The number of carbonyl (C=O) groups excluding carboxylic acids is 1. The van der Waals surface area contributed by atoms with Crippen molar-refractivity contribution >= 4 is 17.7 Å². The Morgan fingerprint density at radius 3 is 2.44 bits per heavy atom. The van der Waals surface area contributed by atoms with E-state index in [0.29, 0.717) is 31.7 Å². The van der Waals surface area contributed by atoms with Gasteiger partial charge in [0.05, 0.1) is 11.7 Å². The Balaban J connectivity index is 1.40. The Kier molecular flexibility index (Phi) is 7.91. The lowest BCUT2D eigenvalue weighted by Gasteiger charge is -2.31. The number of amides is 2. The van der Waals surface area contributed by atoms with Gasteiger partial charge in [-0.05, 0) is 61.2 Å². The van der Waals surface area contributed by atoms with Gasteiger partial charge in [0, 0.05) is 31.4 Å². The number of aliphatic hydroxyl groups excluding tert-OH is 1. The number of hydrogen-bond acceptors (Lipinski definition) is 6. The molecule has 172 valence electrons. The topological polar surface area (TPSA) is 148 Å². The monoisotopic (exact) mass is 442 g/mol. The Hall–Kier alpha value is -3.30. The number of phenols is 1. The maximum Gasteiger partial charge on any atom is 0.407 e. The second-order valence-electron chi connectivity index (χ2n) is 8.00. The molecule has 1 heterocycles. The van der Waals surface area contributed by atoms with Gasteiger partial charge in [0.2, 0.25) is 0 Å².